The van der Waals surface area contributed by atoms with Crippen LogP contribution >= 0.6 is 11.9 Å². The summed E-state index contributed by atoms with van der Waals surface area (Å²) in [6.45, 7) is 2.05. The highest BCUT2D eigenvalue weighted by Crippen LogP contribution is 2.45. The van der Waals surface area contributed by atoms with E-state index in [1.807, 2.05) is 18.2 Å². The maximum atomic E-state index is 12.0. The zero-order valence-electron chi connectivity index (χ0n) is 16.5. The van der Waals surface area contributed by atoms with Crippen LogP contribution in [0.3, 0.4) is 0 Å². The minimum absolute atomic E-state index is 0.304. The molecular weight excluding hydrogens is 404 g/mol. The van der Waals surface area contributed by atoms with E-state index in [0.717, 1.165) is 47.1 Å². The van der Waals surface area contributed by atoms with Crippen molar-refractivity contribution in [2.45, 2.75) is 47.8 Å². The summed E-state index contributed by atoms with van der Waals surface area (Å²) < 4.78 is 15.5. The lowest BCUT2D eigenvalue weighted by Gasteiger charge is -2.31. The van der Waals surface area contributed by atoms with E-state index in [0.29, 0.717) is 11.5 Å². The Morgan fingerprint density at radius 1 is 1.14 bits per heavy atom. The molecule has 1 saturated carbocycles. The van der Waals surface area contributed by atoms with Gasteiger partial charge in [0.25, 0.3) is 0 Å². The Morgan fingerprint density at radius 2 is 1.90 bits per heavy atom. The van der Waals surface area contributed by atoms with Gasteiger partial charge in [0.1, 0.15) is 0 Å². The van der Waals surface area contributed by atoms with Crippen LogP contribution in [0.1, 0.15) is 53.9 Å². The molecule has 1 aliphatic carbocycles. The van der Waals surface area contributed by atoms with Crippen molar-refractivity contribution in [1.82, 2.24) is 0 Å². The maximum Gasteiger partial charge on any atom is 0.335 e. The van der Waals surface area contributed by atoms with Gasteiger partial charge in [-0.15, -0.1) is 0 Å². The van der Waals surface area contributed by atoms with E-state index in [2.05, 4.69) is 15.7 Å². The van der Waals surface area contributed by atoms with Crippen LogP contribution in [-0.4, -0.2) is 34.6 Å². The Labute approximate surface area is 178 Å². The number of nitrogens with one attached hydrogen (secondary N) is 1. The number of hydrogen-bond acceptors (Lipinski definition) is 5. The Morgan fingerprint density at radius 3 is 2.55 bits per heavy atom. The number of piperidine rings is 1. The van der Waals surface area contributed by atoms with Crippen molar-refractivity contribution in [2.24, 2.45) is 0 Å². The molecule has 2 aromatic rings. The molecule has 2 aromatic carbocycles. The molecule has 0 bridgehead atoms. The molecule has 1 atom stereocenters. The molecule has 154 valence electrons. The minimum atomic E-state index is -1.06. The Hall–Kier alpha value is -1.99. The van der Waals surface area contributed by atoms with E-state index in [9.17, 15) is 14.1 Å². The van der Waals surface area contributed by atoms with Crippen molar-refractivity contribution in [3.8, 4) is 0 Å². The molecule has 4 rings (SSSR count). The second-order valence-corrected chi connectivity index (χ2v) is 9.94. The normalized spacial score (nSPS) is 17.8. The third-order valence-corrected chi connectivity index (χ3v) is 7.36. The lowest BCUT2D eigenvalue weighted by molar-refractivity contribution is 0.0696. The van der Waals surface area contributed by atoms with Crippen LogP contribution in [0.2, 0.25) is 0 Å². The number of aromatic carboxylic acids is 1. The van der Waals surface area contributed by atoms with Crippen LogP contribution in [0.15, 0.2) is 46.2 Å². The van der Waals surface area contributed by atoms with Gasteiger partial charge in [0.15, 0.2) is 0 Å². The summed E-state index contributed by atoms with van der Waals surface area (Å²) in [6, 6.07) is 11.4. The fraction of sp³-hybridized carbons (Fsp3) is 0.409. The molecule has 1 unspecified atom stereocenters. The predicted molar refractivity (Wildman–Crippen MR) is 120 cm³/mol. The molecule has 0 aromatic heterocycles. The molecule has 5 nitrogen and oxygen atoms in total. The first-order valence-electron chi connectivity index (χ1n) is 10.1. The first-order valence-corrected chi connectivity index (χ1v) is 12.4. The van der Waals surface area contributed by atoms with Gasteiger partial charge in [-0.25, -0.2) is 4.79 Å². The van der Waals surface area contributed by atoms with E-state index < -0.39 is 16.8 Å². The lowest BCUT2D eigenvalue weighted by Crippen LogP contribution is -2.29. The quantitative estimate of drug-likeness (QED) is 0.595. The second kappa shape index (κ2) is 8.79. The van der Waals surface area contributed by atoms with E-state index in [1.54, 1.807) is 18.4 Å². The Bertz CT molecular complexity index is 938. The Kier molecular flexibility index (Phi) is 6.15. The average molecular weight is 431 g/mol. The third kappa shape index (κ3) is 4.78. The molecular formula is C22H26N2O3S2. The van der Waals surface area contributed by atoms with Gasteiger partial charge in [0, 0.05) is 39.9 Å². The monoisotopic (exact) mass is 430 g/mol. The summed E-state index contributed by atoms with van der Waals surface area (Å²) in [6.07, 6.45) is 7.62. The predicted octanol–water partition coefficient (Wildman–Crippen LogP) is 5.11. The molecule has 1 saturated heterocycles. The topological polar surface area (TPSA) is 69.6 Å². The van der Waals surface area contributed by atoms with Gasteiger partial charge in [-0.1, -0.05) is 6.07 Å². The molecule has 1 heterocycles. The van der Waals surface area contributed by atoms with Gasteiger partial charge in [-0.05, 0) is 85.9 Å². The number of benzene rings is 2. The van der Waals surface area contributed by atoms with Crippen molar-refractivity contribution in [1.29, 1.82) is 0 Å². The SMILES string of the molecule is CS(=O)c1ccc(N2CCCCC2)c(NSc2cc(C(=O)O)ccc2C2CC2)c1. The van der Waals surface area contributed by atoms with Crippen molar-refractivity contribution in [3.05, 3.63) is 47.5 Å². The van der Waals surface area contributed by atoms with E-state index >= 15 is 0 Å². The zero-order chi connectivity index (χ0) is 20.4. The molecule has 2 fully saturated rings. The molecule has 1 aliphatic heterocycles. The number of carboxylic acids is 1. The molecule has 0 radical (unpaired) electrons. The van der Waals surface area contributed by atoms with Gasteiger partial charge in [-0.3, -0.25) is 4.21 Å². The van der Waals surface area contributed by atoms with Crippen LogP contribution in [0.25, 0.3) is 0 Å². The van der Waals surface area contributed by atoms with E-state index in [-0.39, 0.29) is 0 Å². The van der Waals surface area contributed by atoms with Gasteiger partial charge < -0.3 is 14.7 Å². The molecule has 2 aliphatic rings. The van der Waals surface area contributed by atoms with E-state index in [1.165, 1.54) is 36.8 Å². The van der Waals surface area contributed by atoms with Crippen LogP contribution in [0.5, 0.6) is 0 Å². The molecule has 0 spiro atoms. The number of rotatable bonds is 7. The summed E-state index contributed by atoms with van der Waals surface area (Å²) in [5, 5.41) is 9.38. The molecule has 2 N–H and O–H groups in total. The highest BCUT2D eigenvalue weighted by atomic mass is 32.2. The van der Waals surface area contributed by atoms with Crippen LogP contribution in [0, 0.1) is 0 Å². The molecule has 7 heteroatoms. The summed E-state index contributed by atoms with van der Waals surface area (Å²) in [4.78, 5) is 15.6. The van der Waals surface area contributed by atoms with Gasteiger partial charge >= 0.3 is 5.97 Å². The maximum absolute atomic E-state index is 12.0. The molecule has 0 amide bonds. The van der Waals surface area contributed by atoms with Crippen molar-refractivity contribution in [3.63, 3.8) is 0 Å². The van der Waals surface area contributed by atoms with Gasteiger partial charge in [0.05, 0.1) is 16.9 Å². The van der Waals surface area contributed by atoms with E-state index in [4.69, 9.17) is 0 Å². The largest absolute Gasteiger partial charge is 0.478 e. The summed E-state index contributed by atoms with van der Waals surface area (Å²) in [7, 11) is -1.06. The van der Waals surface area contributed by atoms with Crippen molar-refractivity contribution < 1.29 is 14.1 Å². The fourth-order valence-corrected chi connectivity index (χ4v) is 5.25. The summed E-state index contributed by atoms with van der Waals surface area (Å²) in [5.74, 6) is -0.384. The second-order valence-electron chi connectivity index (χ2n) is 7.72. The van der Waals surface area contributed by atoms with Gasteiger partial charge in [0.2, 0.25) is 0 Å². The average Bonchev–Trinajstić information content (AvgIpc) is 3.57. The first kappa shape index (κ1) is 20.3. The van der Waals surface area contributed by atoms with Crippen molar-refractivity contribution in [2.75, 3.05) is 29.0 Å². The van der Waals surface area contributed by atoms with Crippen LogP contribution < -0.4 is 9.62 Å². The highest BCUT2D eigenvalue weighted by molar-refractivity contribution is 8.00. The number of hydrogen-bond donors (Lipinski definition) is 2. The van der Waals surface area contributed by atoms with Crippen molar-refractivity contribution >= 4 is 40.1 Å². The van der Waals surface area contributed by atoms with Gasteiger partial charge in [-0.2, -0.15) is 0 Å². The minimum Gasteiger partial charge on any atom is -0.478 e. The standard InChI is InChI=1S/C22H26N2O3S2/c1-29(27)17-8-10-20(24-11-3-2-4-12-24)19(14-17)23-28-21-13-16(22(25)26)7-9-18(21)15-5-6-15/h7-10,13-15,23H,2-6,11-12H2,1H3,(H,25,26). The fourth-order valence-electron chi connectivity index (χ4n) is 3.78. The van der Waals surface area contributed by atoms with Crippen LogP contribution in [-0.2, 0) is 10.8 Å². The first-order chi connectivity index (χ1) is 14.0. The number of carboxylic acid groups (broad SMARTS) is 1. The smallest absolute Gasteiger partial charge is 0.335 e. The lowest BCUT2D eigenvalue weighted by atomic mass is 10.1. The number of carbonyl (C=O) groups is 1. The number of anilines is 2. The third-order valence-electron chi connectivity index (χ3n) is 5.55. The Balaban J connectivity index is 1.63. The number of nitrogens with zero attached hydrogens (tertiary/aromatic N) is 1. The zero-order valence-corrected chi connectivity index (χ0v) is 18.2. The summed E-state index contributed by atoms with van der Waals surface area (Å²) >= 11 is 1.46. The highest BCUT2D eigenvalue weighted by Gasteiger charge is 2.27. The molecule has 29 heavy (non-hydrogen) atoms. The summed E-state index contributed by atoms with van der Waals surface area (Å²) in [5.41, 5.74) is 3.57. The van der Waals surface area contributed by atoms with Crippen LogP contribution in [0.4, 0.5) is 11.4 Å².